The van der Waals surface area contributed by atoms with Gasteiger partial charge in [-0.2, -0.15) is 0 Å². The van der Waals surface area contributed by atoms with Crippen molar-refractivity contribution in [3.8, 4) is 5.88 Å². The zero-order valence-electron chi connectivity index (χ0n) is 10.3. The molecule has 1 aliphatic carbocycles. The van der Waals surface area contributed by atoms with Gasteiger partial charge in [-0.25, -0.2) is 4.98 Å². The Labute approximate surface area is 101 Å². The Balaban J connectivity index is 2.44. The number of amides is 1. The van der Waals surface area contributed by atoms with Crippen LogP contribution in [0.25, 0.3) is 0 Å². The van der Waals surface area contributed by atoms with E-state index in [1.807, 2.05) is 19.9 Å². The second-order valence-electron chi connectivity index (χ2n) is 4.68. The van der Waals surface area contributed by atoms with Crippen molar-refractivity contribution in [1.29, 1.82) is 0 Å². The molecule has 1 aromatic heterocycles. The van der Waals surface area contributed by atoms with E-state index >= 15 is 0 Å². The van der Waals surface area contributed by atoms with Crippen molar-refractivity contribution >= 4 is 5.91 Å². The van der Waals surface area contributed by atoms with Crippen molar-refractivity contribution in [2.24, 2.45) is 5.73 Å². The number of aryl methyl sites for hydroxylation is 2. The molecule has 0 fully saturated rings. The fourth-order valence-corrected chi connectivity index (χ4v) is 2.10. The molecule has 17 heavy (non-hydrogen) atoms. The fraction of sp³-hybridized carbons (Fsp3) is 0.538. The predicted molar refractivity (Wildman–Crippen MR) is 65.2 cm³/mol. The molecule has 0 spiro atoms. The Hall–Kier alpha value is -1.58. The summed E-state index contributed by atoms with van der Waals surface area (Å²) in [6.07, 6.45) is 4.23. The van der Waals surface area contributed by atoms with E-state index in [4.69, 9.17) is 10.5 Å². The Morgan fingerprint density at radius 2 is 2.12 bits per heavy atom. The van der Waals surface area contributed by atoms with Gasteiger partial charge >= 0.3 is 0 Å². The minimum absolute atomic E-state index is 0.0118. The monoisotopic (exact) mass is 234 g/mol. The molecule has 4 nitrogen and oxygen atoms in total. The molecule has 1 aliphatic rings. The van der Waals surface area contributed by atoms with Gasteiger partial charge in [-0.3, -0.25) is 4.79 Å². The molecule has 0 saturated heterocycles. The average Bonchev–Trinajstić information content (AvgIpc) is 2.27. The lowest BCUT2D eigenvalue weighted by atomic mass is 9.95. The highest BCUT2D eigenvalue weighted by Gasteiger charge is 2.19. The predicted octanol–water partition coefficient (Wildman–Crippen LogP) is 1.85. The van der Waals surface area contributed by atoms with Crippen molar-refractivity contribution in [2.75, 3.05) is 0 Å². The summed E-state index contributed by atoms with van der Waals surface area (Å²) in [5.74, 6) is -0.0883. The minimum Gasteiger partial charge on any atom is -0.474 e. The standard InChI is InChI=1S/C13H18N2O2/c1-8(2)17-13-10(12(14)16)7-9-5-3-4-6-11(9)15-13/h7-8H,3-6H2,1-2H3,(H2,14,16). The van der Waals surface area contributed by atoms with Crippen LogP contribution in [0.3, 0.4) is 0 Å². The van der Waals surface area contributed by atoms with Crippen molar-refractivity contribution in [3.05, 3.63) is 22.9 Å². The molecule has 0 radical (unpaired) electrons. The van der Waals surface area contributed by atoms with Crippen LogP contribution in [-0.4, -0.2) is 17.0 Å². The van der Waals surface area contributed by atoms with E-state index in [1.54, 1.807) is 0 Å². The number of carbonyl (C=O) groups is 1. The molecule has 1 heterocycles. The lowest BCUT2D eigenvalue weighted by Gasteiger charge is -2.19. The largest absolute Gasteiger partial charge is 0.474 e. The summed E-state index contributed by atoms with van der Waals surface area (Å²) in [5, 5.41) is 0. The molecule has 1 aromatic rings. The first-order chi connectivity index (χ1) is 8.08. The van der Waals surface area contributed by atoms with Gasteiger partial charge in [-0.1, -0.05) is 0 Å². The van der Waals surface area contributed by atoms with Gasteiger partial charge in [0.2, 0.25) is 5.88 Å². The molecule has 0 aromatic carbocycles. The molecule has 92 valence electrons. The quantitative estimate of drug-likeness (QED) is 0.868. The lowest BCUT2D eigenvalue weighted by molar-refractivity contribution is 0.0993. The first kappa shape index (κ1) is 11.9. The topological polar surface area (TPSA) is 65.2 Å². The Kier molecular flexibility index (Phi) is 3.31. The first-order valence-electron chi connectivity index (χ1n) is 6.07. The molecule has 0 atom stereocenters. The van der Waals surface area contributed by atoms with Crippen LogP contribution in [0.4, 0.5) is 0 Å². The van der Waals surface area contributed by atoms with Crippen LogP contribution < -0.4 is 10.5 Å². The van der Waals surface area contributed by atoms with Gasteiger partial charge in [0.15, 0.2) is 0 Å². The second kappa shape index (κ2) is 4.73. The Morgan fingerprint density at radius 1 is 1.41 bits per heavy atom. The highest BCUT2D eigenvalue weighted by molar-refractivity contribution is 5.95. The average molecular weight is 234 g/mol. The van der Waals surface area contributed by atoms with E-state index in [0.29, 0.717) is 11.4 Å². The first-order valence-corrected chi connectivity index (χ1v) is 6.07. The third-order valence-corrected chi connectivity index (χ3v) is 2.88. The highest BCUT2D eigenvalue weighted by Crippen LogP contribution is 2.26. The van der Waals surface area contributed by atoms with Gasteiger partial charge < -0.3 is 10.5 Å². The number of hydrogen-bond acceptors (Lipinski definition) is 3. The molecule has 4 heteroatoms. The molecule has 0 unspecified atom stereocenters. The third kappa shape index (κ3) is 2.57. The molecule has 0 bridgehead atoms. The zero-order chi connectivity index (χ0) is 12.4. The van der Waals surface area contributed by atoms with Crippen LogP contribution in [0.15, 0.2) is 6.07 Å². The van der Waals surface area contributed by atoms with Crippen molar-refractivity contribution < 1.29 is 9.53 Å². The van der Waals surface area contributed by atoms with Gasteiger partial charge in [0.05, 0.1) is 6.10 Å². The van der Waals surface area contributed by atoms with Crippen LogP contribution in [0.5, 0.6) is 5.88 Å². The number of nitrogens with two attached hydrogens (primary N) is 1. The number of ether oxygens (including phenoxy) is 1. The minimum atomic E-state index is -0.471. The smallest absolute Gasteiger partial charge is 0.254 e. The van der Waals surface area contributed by atoms with E-state index in [-0.39, 0.29) is 6.10 Å². The normalized spacial score (nSPS) is 14.5. The summed E-state index contributed by atoms with van der Waals surface area (Å²) < 4.78 is 5.56. The number of pyridine rings is 1. The number of aromatic nitrogens is 1. The summed E-state index contributed by atoms with van der Waals surface area (Å²) in [4.78, 5) is 15.8. The number of carbonyl (C=O) groups excluding carboxylic acids is 1. The maximum atomic E-state index is 11.4. The van der Waals surface area contributed by atoms with Crippen molar-refractivity contribution in [1.82, 2.24) is 4.98 Å². The number of nitrogens with zero attached hydrogens (tertiary/aromatic N) is 1. The van der Waals surface area contributed by atoms with Gasteiger partial charge in [-0.05, 0) is 51.2 Å². The summed E-state index contributed by atoms with van der Waals surface area (Å²) >= 11 is 0. The number of hydrogen-bond donors (Lipinski definition) is 1. The van der Waals surface area contributed by atoms with Gasteiger partial charge in [-0.15, -0.1) is 0 Å². The third-order valence-electron chi connectivity index (χ3n) is 2.88. The van der Waals surface area contributed by atoms with E-state index in [9.17, 15) is 4.79 Å². The van der Waals surface area contributed by atoms with E-state index in [1.165, 1.54) is 0 Å². The molecule has 1 amide bonds. The molecule has 2 N–H and O–H groups in total. The lowest BCUT2D eigenvalue weighted by Crippen LogP contribution is -2.19. The fourth-order valence-electron chi connectivity index (χ4n) is 2.10. The molecule has 0 saturated carbocycles. The van der Waals surface area contributed by atoms with Crippen LogP contribution in [0.1, 0.15) is 48.3 Å². The SMILES string of the molecule is CC(C)Oc1nc2c(cc1C(N)=O)CCCC2. The number of primary amides is 1. The Bertz CT molecular complexity index is 441. The molecular formula is C13H18N2O2. The zero-order valence-corrected chi connectivity index (χ0v) is 10.3. The van der Waals surface area contributed by atoms with E-state index < -0.39 is 5.91 Å². The van der Waals surface area contributed by atoms with E-state index in [0.717, 1.165) is 36.9 Å². The molecule has 0 aliphatic heterocycles. The van der Waals surface area contributed by atoms with Crippen LogP contribution >= 0.6 is 0 Å². The maximum absolute atomic E-state index is 11.4. The van der Waals surface area contributed by atoms with Gasteiger partial charge in [0.25, 0.3) is 5.91 Å². The highest BCUT2D eigenvalue weighted by atomic mass is 16.5. The van der Waals surface area contributed by atoms with Crippen molar-refractivity contribution in [2.45, 2.75) is 45.6 Å². The second-order valence-corrected chi connectivity index (χ2v) is 4.68. The summed E-state index contributed by atoms with van der Waals surface area (Å²) in [6.45, 7) is 3.82. The van der Waals surface area contributed by atoms with Gasteiger partial charge in [0, 0.05) is 5.69 Å². The van der Waals surface area contributed by atoms with Crippen molar-refractivity contribution in [3.63, 3.8) is 0 Å². The summed E-state index contributed by atoms with van der Waals surface area (Å²) in [6, 6.07) is 1.85. The number of rotatable bonds is 3. The summed E-state index contributed by atoms with van der Waals surface area (Å²) in [5.41, 5.74) is 7.96. The number of fused-ring (bicyclic) bond motifs is 1. The summed E-state index contributed by atoms with van der Waals surface area (Å²) in [7, 11) is 0. The van der Waals surface area contributed by atoms with Gasteiger partial charge in [0.1, 0.15) is 5.56 Å². The molecule has 2 rings (SSSR count). The van der Waals surface area contributed by atoms with E-state index in [2.05, 4.69) is 4.98 Å². The Morgan fingerprint density at radius 3 is 2.76 bits per heavy atom. The maximum Gasteiger partial charge on any atom is 0.254 e. The molecular weight excluding hydrogens is 216 g/mol. The van der Waals surface area contributed by atoms with Crippen LogP contribution in [0.2, 0.25) is 0 Å². The van der Waals surface area contributed by atoms with Crippen LogP contribution in [0, 0.1) is 0 Å². The van der Waals surface area contributed by atoms with Crippen LogP contribution in [-0.2, 0) is 12.8 Å².